The third kappa shape index (κ3) is 3.86. The lowest BCUT2D eigenvalue weighted by Gasteiger charge is -2.35. The van der Waals surface area contributed by atoms with E-state index >= 15 is 0 Å². The molecule has 0 saturated carbocycles. The van der Waals surface area contributed by atoms with Crippen molar-refractivity contribution in [3.05, 3.63) is 35.9 Å². The molecule has 1 heterocycles. The number of hydrogen-bond donors (Lipinski definition) is 1. The number of rotatable bonds is 5. The van der Waals surface area contributed by atoms with E-state index in [0.717, 1.165) is 35.2 Å². The van der Waals surface area contributed by atoms with E-state index in [0.29, 0.717) is 25.4 Å². The van der Waals surface area contributed by atoms with Crippen LogP contribution in [-0.4, -0.2) is 67.8 Å². The highest BCUT2D eigenvalue weighted by atomic mass is 16.5. The van der Waals surface area contributed by atoms with Crippen LogP contribution < -0.4 is 4.74 Å². The zero-order valence-electron chi connectivity index (χ0n) is 14.7. The monoisotopic (exact) mass is 344 g/mol. The number of carbonyl (C=O) groups is 1. The molecular formula is C19H24N2O4. The molecule has 0 unspecified atom stereocenters. The molecule has 0 bridgehead atoms. The van der Waals surface area contributed by atoms with E-state index in [-0.39, 0.29) is 12.5 Å². The molecule has 6 nitrogen and oxygen atoms in total. The standard InChI is InChI=1S/C19H24N2O4/c1-24-13-19(23)21-9-7-20(8-10-21)12-17-16-11-15(25-2)5-3-14(16)4-6-18(17)22/h3-6,11,22H,7-10,12-13H2,1-2H3. The van der Waals surface area contributed by atoms with Crippen LogP contribution in [0, 0.1) is 0 Å². The molecule has 0 aromatic heterocycles. The summed E-state index contributed by atoms with van der Waals surface area (Å²) in [4.78, 5) is 16.0. The first kappa shape index (κ1) is 17.5. The predicted molar refractivity (Wildman–Crippen MR) is 95.9 cm³/mol. The number of hydrogen-bond acceptors (Lipinski definition) is 5. The Hall–Kier alpha value is -2.31. The van der Waals surface area contributed by atoms with E-state index in [4.69, 9.17) is 9.47 Å². The van der Waals surface area contributed by atoms with E-state index in [2.05, 4.69) is 4.90 Å². The number of methoxy groups -OCH3 is 2. The first-order valence-corrected chi connectivity index (χ1v) is 8.40. The van der Waals surface area contributed by atoms with Crippen LogP contribution >= 0.6 is 0 Å². The molecule has 1 saturated heterocycles. The van der Waals surface area contributed by atoms with Gasteiger partial charge in [-0.15, -0.1) is 0 Å². The average molecular weight is 344 g/mol. The Kier molecular flexibility index (Phi) is 5.40. The van der Waals surface area contributed by atoms with Crippen LogP contribution in [0.3, 0.4) is 0 Å². The first-order valence-electron chi connectivity index (χ1n) is 8.40. The minimum Gasteiger partial charge on any atom is -0.508 e. The number of amides is 1. The van der Waals surface area contributed by atoms with Crippen LogP contribution in [0.5, 0.6) is 11.5 Å². The Balaban J connectivity index is 1.75. The van der Waals surface area contributed by atoms with Crippen molar-refractivity contribution in [2.45, 2.75) is 6.54 Å². The summed E-state index contributed by atoms with van der Waals surface area (Å²) in [6.45, 7) is 3.67. The lowest BCUT2D eigenvalue weighted by atomic mass is 10.0. The molecule has 0 atom stereocenters. The summed E-state index contributed by atoms with van der Waals surface area (Å²) in [5, 5.41) is 12.4. The van der Waals surface area contributed by atoms with Crippen molar-refractivity contribution in [1.29, 1.82) is 0 Å². The Morgan fingerprint density at radius 1 is 1.12 bits per heavy atom. The lowest BCUT2D eigenvalue weighted by Crippen LogP contribution is -2.49. The average Bonchev–Trinajstić information content (AvgIpc) is 2.64. The van der Waals surface area contributed by atoms with Crippen molar-refractivity contribution >= 4 is 16.7 Å². The summed E-state index contributed by atoms with van der Waals surface area (Å²) in [6.07, 6.45) is 0. The maximum Gasteiger partial charge on any atom is 0.248 e. The van der Waals surface area contributed by atoms with Gasteiger partial charge in [-0.25, -0.2) is 0 Å². The third-order valence-corrected chi connectivity index (χ3v) is 4.69. The predicted octanol–water partition coefficient (Wildman–Crippen LogP) is 1.84. The van der Waals surface area contributed by atoms with Crippen molar-refractivity contribution < 1.29 is 19.4 Å². The maximum atomic E-state index is 11.9. The number of phenols is 1. The Bertz CT molecular complexity index is 754. The summed E-state index contributed by atoms with van der Waals surface area (Å²) in [7, 11) is 3.17. The number of benzene rings is 2. The maximum absolute atomic E-state index is 11.9. The van der Waals surface area contributed by atoms with Crippen molar-refractivity contribution in [3.8, 4) is 11.5 Å². The van der Waals surface area contributed by atoms with E-state index in [1.807, 2.05) is 29.2 Å². The van der Waals surface area contributed by atoms with E-state index < -0.39 is 0 Å². The fourth-order valence-corrected chi connectivity index (χ4v) is 3.24. The zero-order chi connectivity index (χ0) is 17.8. The minimum absolute atomic E-state index is 0.0277. The van der Waals surface area contributed by atoms with E-state index in [1.165, 1.54) is 7.11 Å². The van der Waals surface area contributed by atoms with Crippen LogP contribution in [0.25, 0.3) is 10.8 Å². The van der Waals surface area contributed by atoms with Crippen LogP contribution in [-0.2, 0) is 16.1 Å². The molecule has 2 aromatic carbocycles. The molecule has 3 rings (SSSR count). The topological polar surface area (TPSA) is 62.2 Å². The second kappa shape index (κ2) is 7.72. The van der Waals surface area contributed by atoms with Gasteiger partial charge in [-0.2, -0.15) is 0 Å². The number of fused-ring (bicyclic) bond motifs is 1. The number of piperazine rings is 1. The molecule has 1 fully saturated rings. The van der Waals surface area contributed by atoms with Gasteiger partial charge in [0, 0.05) is 45.4 Å². The van der Waals surface area contributed by atoms with Crippen molar-refractivity contribution in [2.24, 2.45) is 0 Å². The second-order valence-corrected chi connectivity index (χ2v) is 6.24. The fourth-order valence-electron chi connectivity index (χ4n) is 3.24. The second-order valence-electron chi connectivity index (χ2n) is 6.24. The van der Waals surface area contributed by atoms with Crippen LogP contribution in [0.1, 0.15) is 5.56 Å². The molecule has 1 aliphatic rings. The molecule has 0 radical (unpaired) electrons. The van der Waals surface area contributed by atoms with Gasteiger partial charge in [0.2, 0.25) is 5.91 Å². The summed E-state index contributed by atoms with van der Waals surface area (Å²) in [5.74, 6) is 1.09. The van der Waals surface area contributed by atoms with Gasteiger partial charge in [-0.1, -0.05) is 12.1 Å². The Morgan fingerprint density at radius 2 is 1.84 bits per heavy atom. The van der Waals surface area contributed by atoms with Gasteiger partial charge < -0.3 is 19.5 Å². The van der Waals surface area contributed by atoms with Crippen LogP contribution in [0.4, 0.5) is 0 Å². The largest absolute Gasteiger partial charge is 0.508 e. The molecule has 1 aliphatic heterocycles. The first-order chi connectivity index (χ1) is 12.1. The summed E-state index contributed by atoms with van der Waals surface area (Å²) >= 11 is 0. The molecule has 0 spiro atoms. The molecule has 0 aliphatic carbocycles. The number of carbonyl (C=O) groups excluding carboxylic acids is 1. The lowest BCUT2D eigenvalue weighted by molar-refractivity contribution is -0.136. The van der Waals surface area contributed by atoms with Gasteiger partial charge in [0.25, 0.3) is 0 Å². The summed E-state index contributed by atoms with van der Waals surface area (Å²) in [6, 6.07) is 9.53. The van der Waals surface area contributed by atoms with Crippen molar-refractivity contribution in [2.75, 3.05) is 47.0 Å². The minimum atomic E-state index is 0.0277. The molecule has 1 amide bonds. The number of aromatic hydroxyl groups is 1. The highest BCUT2D eigenvalue weighted by Crippen LogP contribution is 2.31. The smallest absolute Gasteiger partial charge is 0.248 e. The molecule has 25 heavy (non-hydrogen) atoms. The highest BCUT2D eigenvalue weighted by Gasteiger charge is 2.22. The quantitative estimate of drug-likeness (QED) is 0.897. The molecule has 134 valence electrons. The molecule has 6 heteroatoms. The van der Waals surface area contributed by atoms with Crippen LogP contribution in [0.15, 0.2) is 30.3 Å². The zero-order valence-corrected chi connectivity index (χ0v) is 14.7. The summed E-state index contributed by atoms with van der Waals surface area (Å²) < 4.78 is 10.2. The fraction of sp³-hybridized carbons (Fsp3) is 0.421. The number of nitrogens with zero attached hydrogens (tertiary/aromatic N) is 2. The van der Waals surface area contributed by atoms with E-state index in [9.17, 15) is 9.90 Å². The molecule has 1 N–H and O–H groups in total. The van der Waals surface area contributed by atoms with Crippen LogP contribution in [0.2, 0.25) is 0 Å². The van der Waals surface area contributed by atoms with Gasteiger partial charge in [0.05, 0.1) is 7.11 Å². The Morgan fingerprint density at radius 3 is 2.52 bits per heavy atom. The van der Waals surface area contributed by atoms with Crippen molar-refractivity contribution in [3.63, 3.8) is 0 Å². The summed E-state index contributed by atoms with van der Waals surface area (Å²) in [5.41, 5.74) is 0.896. The SMILES string of the molecule is COCC(=O)N1CCN(Cc2c(O)ccc3ccc(OC)cc23)CC1. The van der Waals surface area contributed by atoms with Gasteiger partial charge in [0.1, 0.15) is 18.1 Å². The highest BCUT2D eigenvalue weighted by molar-refractivity contribution is 5.89. The molecular weight excluding hydrogens is 320 g/mol. The van der Waals surface area contributed by atoms with Gasteiger partial charge >= 0.3 is 0 Å². The van der Waals surface area contributed by atoms with Gasteiger partial charge in [0.15, 0.2) is 0 Å². The van der Waals surface area contributed by atoms with Gasteiger partial charge in [-0.3, -0.25) is 9.69 Å². The van der Waals surface area contributed by atoms with E-state index in [1.54, 1.807) is 13.2 Å². The van der Waals surface area contributed by atoms with Crippen molar-refractivity contribution in [1.82, 2.24) is 9.80 Å². The number of ether oxygens (including phenoxy) is 2. The normalized spacial score (nSPS) is 15.5. The Labute approximate surface area is 147 Å². The molecule has 2 aromatic rings. The number of phenolic OH excluding ortho intramolecular Hbond substituents is 1. The third-order valence-electron chi connectivity index (χ3n) is 4.69. The van der Waals surface area contributed by atoms with Gasteiger partial charge in [-0.05, 0) is 29.0 Å².